The van der Waals surface area contributed by atoms with Crippen LogP contribution in [0.1, 0.15) is 32.6 Å². The van der Waals surface area contributed by atoms with Crippen LogP contribution in [0.25, 0.3) is 0 Å². The molecule has 20 heavy (non-hydrogen) atoms. The van der Waals surface area contributed by atoms with Crippen LogP contribution in [0.3, 0.4) is 0 Å². The second-order valence-electron chi connectivity index (χ2n) is 5.16. The molecule has 3 N–H and O–H groups in total. The van der Waals surface area contributed by atoms with Crippen molar-refractivity contribution in [2.45, 2.75) is 32.6 Å². The summed E-state index contributed by atoms with van der Waals surface area (Å²) < 4.78 is 0. The van der Waals surface area contributed by atoms with Crippen molar-refractivity contribution in [3.63, 3.8) is 0 Å². The Morgan fingerprint density at radius 1 is 1.35 bits per heavy atom. The molecule has 1 heterocycles. The van der Waals surface area contributed by atoms with E-state index >= 15 is 0 Å². The first-order valence-electron chi connectivity index (χ1n) is 6.92. The van der Waals surface area contributed by atoms with Crippen molar-refractivity contribution in [2.24, 2.45) is 5.41 Å². The van der Waals surface area contributed by atoms with Gasteiger partial charge >= 0.3 is 12.0 Å². The first-order valence-corrected chi connectivity index (χ1v) is 6.92. The molecular formula is C13H23N3O4. The van der Waals surface area contributed by atoms with Crippen molar-refractivity contribution in [1.29, 1.82) is 0 Å². The van der Waals surface area contributed by atoms with E-state index in [9.17, 15) is 19.5 Å². The third-order valence-corrected chi connectivity index (χ3v) is 3.73. The molecule has 1 saturated heterocycles. The topological polar surface area (TPSA) is 98.7 Å². The van der Waals surface area contributed by atoms with Crippen LogP contribution in [-0.4, -0.2) is 54.6 Å². The van der Waals surface area contributed by atoms with Crippen LogP contribution in [0.15, 0.2) is 0 Å². The van der Waals surface area contributed by atoms with E-state index in [1.54, 1.807) is 0 Å². The van der Waals surface area contributed by atoms with Crippen LogP contribution in [0.2, 0.25) is 0 Å². The Morgan fingerprint density at radius 2 is 2.05 bits per heavy atom. The van der Waals surface area contributed by atoms with Gasteiger partial charge < -0.3 is 20.6 Å². The highest BCUT2D eigenvalue weighted by atomic mass is 16.4. The summed E-state index contributed by atoms with van der Waals surface area (Å²) in [5.41, 5.74) is -0.813. The minimum absolute atomic E-state index is 0.141. The normalized spacial score (nSPS) is 21.6. The number of nitrogens with zero attached hydrogens (tertiary/aromatic N) is 1. The predicted octanol–water partition coefficient (Wildman–Crippen LogP) is 0.409. The lowest BCUT2D eigenvalue weighted by atomic mass is 9.83. The van der Waals surface area contributed by atoms with Gasteiger partial charge in [0.2, 0.25) is 5.91 Å². The molecule has 0 aromatic rings. The maximum atomic E-state index is 11.9. The molecule has 1 aliphatic heterocycles. The van der Waals surface area contributed by atoms with E-state index in [2.05, 4.69) is 10.6 Å². The Balaban J connectivity index is 2.47. The smallest absolute Gasteiger partial charge is 0.317 e. The van der Waals surface area contributed by atoms with Gasteiger partial charge in [-0.1, -0.05) is 13.3 Å². The fourth-order valence-electron chi connectivity index (χ4n) is 2.53. The molecule has 0 bridgehead atoms. The van der Waals surface area contributed by atoms with Gasteiger partial charge in [-0.15, -0.1) is 0 Å². The highest BCUT2D eigenvalue weighted by Gasteiger charge is 2.45. The number of rotatable bonds is 6. The van der Waals surface area contributed by atoms with Gasteiger partial charge in [-0.05, 0) is 12.8 Å². The molecular weight excluding hydrogens is 262 g/mol. The molecule has 7 nitrogen and oxygen atoms in total. The molecule has 1 fully saturated rings. The summed E-state index contributed by atoms with van der Waals surface area (Å²) in [6.07, 6.45) is 2.05. The van der Waals surface area contributed by atoms with Gasteiger partial charge in [0.05, 0.1) is 5.41 Å². The molecule has 1 rings (SSSR count). The van der Waals surface area contributed by atoms with Crippen molar-refractivity contribution >= 4 is 17.9 Å². The summed E-state index contributed by atoms with van der Waals surface area (Å²) in [6, 6.07) is -0.298. The van der Waals surface area contributed by atoms with E-state index < -0.39 is 11.4 Å². The maximum Gasteiger partial charge on any atom is 0.317 e. The monoisotopic (exact) mass is 285 g/mol. The molecule has 0 aromatic carbocycles. The number of carboxylic acids is 1. The number of carboxylic acid groups (broad SMARTS) is 1. The molecule has 0 radical (unpaired) electrons. The van der Waals surface area contributed by atoms with Gasteiger partial charge in [0.25, 0.3) is 0 Å². The lowest BCUT2D eigenvalue weighted by Crippen LogP contribution is -2.42. The lowest BCUT2D eigenvalue weighted by Gasteiger charge is -2.24. The number of likely N-dealkylation sites (tertiary alicyclic amines) is 1. The van der Waals surface area contributed by atoms with E-state index in [0.717, 1.165) is 6.42 Å². The van der Waals surface area contributed by atoms with E-state index in [1.807, 2.05) is 6.92 Å². The van der Waals surface area contributed by atoms with Crippen LogP contribution in [-0.2, 0) is 9.59 Å². The van der Waals surface area contributed by atoms with Crippen molar-refractivity contribution in [2.75, 3.05) is 26.7 Å². The summed E-state index contributed by atoms with van der Waals surface area (Å²) >= 11 is 0. The quantitative estimate of drug-likeness (QED) is 0.658. The third-order valence-electron chi connectivity index (χ3n) is 3.73. The first kappa shape index (κ1) is 16.3. The summed E-state index contributed by atoms with van der Waals surface area (Å²) in [5.74, 6) is -0.974. The first-order chi connectivity index (χ1) is 9.45. The number of hydrogen-bond acceptors (Lipinski definition) is 3. The molecule has 1 aliphatic rings. The Bertz CT molecular complexity index is 386. The molecule has 3 amide bonds. The van der Waals surface area contributed by atoms with Gasteiger partial charge in [0, 0.05) is 33.1 Å². The number of amides is 3. The highest BCUT2D eigenvalue weighted by molar-refractivity contribution is 5.80. The van der Waals surface area contributed by atoms with E-state index in [4.69, 9.17) is 0 Å². The van der Waals surface area contributed by atoms with E-state index in [-0.39, 0.29) is 31.4 Å². The number of aliphatic carboxylic acids is 1. The van der Waals surface area contributed by atoms with Gasteiger partial charge in [-0.3, -0.25) is 9.59 Å². The van der Waals surface area contributed by atoms with Crippen molar-refractivity contribution < 1.29 is 19.5 Å². The SMILES string of the molecule is CCCC1(C(=O)O)CCN(C(=O)NCCC(=O)NC)C1. The zero-order valence-electron chi connectivity index (χ0n) is 12.1. The molecule has 0 saturated carbocycles. The minimum Gasteiger partial charge on any atom is -0.481 e. The van der Waals surface area contributed by atoms with Gasteiger partial charge in [-0.25, -0.2) is 4.79 Å². The molecule has 1 atom stereocenters. The Hall–Kier alpha value is -1.79. The van der Waals surface area contributed by atoms with Crippen LogP contribution in [0, 0.1) is 5.41 Å². The maximum absolute atomic E-state index is 11.9. The molecule has 114 valence electrons. The molecule has 1 unspecified atom stereocenters. The number of hydrogen-bond donors (Lipinski definition) is 3. The Morgan fingerprint density at radius 3 is 2.60 bits per heavy atom. The fraction of sp³-hybridized carbons (Fsp3) is 0.769. The largest absolute Gasteiger partial charge is 0.481 e. The van der Waals surface area contributed by atoms with Gasteiger partial charge in [-0.2, -0.15) is 0 Å². The summed E-state index contributed by atoms with van der Waals surface area (Å²) in [6.45, 7) is 2.87. The second-order valence-corrected chi connectivity index (χ2v) is 5.16. The predicted molar refractivity (Wildman–Crippen MR) is 73.2 cm³/mol. The highest BCUT2D eigenvalue weighted by Crippen LogP contribution is 2.35. The molecule has 0 aliphatic carbocycles. The van der Waals surface area contributed by atoms with Crippen LogP contribution < -0.4 is 10.6 Å². The van der Waals surface area contributed by atoms with Crippen LogP contribution in [0.4, 0.5) is 4.79 Å². The molecule has 0 spiro atoms. The van der Waals surface area contributed by atoms with Crippen molar-refractivity contribution in [3.8, 4) is 0 Å². The average molecular weight is 285 g/mol. The zero-order chi connectivity index (χ0) is 15.2. The third kappa shape index (κ3) is 3.85. The van der Waals surface area contributed by atoms with Gasteiger partial charge in [0.1, 0.15) is 0 Å². The Kier molecular flexibility index (Phi) is 5.79. The van der Waals surface area contributed by atoms with Crippen molar-refractivity contribution in [3.05, 3.63) is 0 Å². The number of carbonyl (C=O) groups is 3. The average Bonchev–Trinajstić information content (AvgIpc) is 2.84. The minimum atomic E-state index is -0.833. The lowest BCUT2D eigenvalue weighted by molar-refractivity contribution is -0.148. The fourth-order valence-corrected chi connectivity index (χ4v) is 2.53. The number of urea groups is 1. The number of carbonyl (C=O) groups excluding carboxylic acids is 2. The molecule has 0 aromatic heterocycles. The summed E-state index contributed by atoms with van der Waals surface area (Å²) in [4.78, 5) is 35.9. The standard InChI is InChI=1S/C13H23N3O4/c1-3-5-13(11(18)19)6-8-16(9-13)12(20)15-7-4-10(17)14-2/h3-9H2,1-2H3,(H,14,17)(H,15,20)(H,18,19). The summed E-state index contributed by atoms with van der Waals surface area (Å²) in [7, 11) is 1.54. The van der Waals surface area contributed by atoms with Crippen LogP contribution in [0.5, 0.6) is 0 Å². The van der Waals surface area contributed by atoms with Gasteiger partial charge in [0.15, 0.2) is 0 Å². The number of nitrogens with one attached hydrogen (secondary N) is 2. The summed E-state index contributed by atoms with van der Waals surface area (Å²) in [5, 5.41) is 14.5. The van der Waals surface area contributed by atoms with E-state index in [1.165, 1.54) is 11.9 Å². The second kappa shape index (κ2) is 7.12. The Labute approximate surface area is 118 Å². The van der Waals surface area contributed by atoms with Crippen molar-refractivity contribution in [1.82, 2.24) is 15.5 Å². The van der Waals surface area contributed by atoms with E-state index in [0.29, 0.717) is 19.4 Å². The van der Waals surface area contributed by atoms with Crippen LogP contribution >= 0.6 is 0 Å². The molecule has 7 heteroatoms. The zero-order valence-corrected chi connectivity index (χ0v) is 12.1.